The van der Waals surface area contributed by atoms with Crippen LogP contribution in [0.4, 0.5) is 9.59 Å². The van der Waals surface area contributed by atoms with E-state index in [2.05, 4.69) is 18.9 Å². The van der Waals surface area contributed by atoms with Crippen molar-refractivity contribution >= 4 is 32.5 Å². The Kier molecular flexibility index (Phi) is 7.02. The van der Waals surface area contributed by atoms with Crippen LogP contribution in [0.15, 0.2) is 0 Å². The monoisotopic (exact) mass is 418 g/mol. The van der Waals surface area contributed by atoms with Crippen LogP contribution in [0.2, 0.25) is 0 Å². The molecule has 12 nitrogen and oxygen atoms in total. The lowest BCUT2D eigenvalue weighted by Gasteiger charge is -2.09. The van der Waals surface area contributed by atoms with E-state index in [1.807, 2.05) is 0 Å². The van der Waals surface area contributed by atoms with Crippen molar-refractivity contribution in [3.05, 3.63) is 0 Å². The molecular formula is C12H18O12S2. The number of ether oxygens (including phenoxy) is 4. The van der Waals surface area contributed by atoms with Gasteiger partial charge in [0.1, 0.15) is 26.4 Å². The summed E-state index contributed by atoms with van der Waals surface area (Å²) >= 11 is 0. The van der Waals surface area contributed by atoms with Crippen molar-refractivity contribution in [3.8, 4) is 0 Å². The summed E-state index contributed by atoms with van der Waals surface area (Å²) in [6, 6.07) is 0. The predicted octanol–water partition coefficient (Wildman–Crippen LogP) is -0.470. The third-order valence-electron chi connectivity index (χ3n) is 3.21. The van der Waals surface area contributed by atoms with Crippen LogP contribution in [0.25, 0.3) is 0 Å². The van der Waals surface area contributed by atoms with Crippen molar-refractivity contribution in [1.29, 1.82) is 0 Å². The Bertz CT molecular complexity index is 650. The van der Waals surface area contributed by atoms with Crippen molar-refractivity contribution < 1.29 is 53.7 Å². The predicted molar refractivity (Wildman–Crippen MR) is 81.2 cm³/mol. The number of hydrogen-bond donors (Lipinski definition) is 0. The fourth-order valence-electron chi connectivity index (χ4n) is 1.93. The molecule has 2 rings (SSSR count). The molecule has 0 radical (unpaired) electrons. The Morgan fingerprint density at radius 1 is 0.769 bits per heavy atom. The van der Waals surface area contributed by atoms with Gasteiger partial charge in [-0.05, 0) is 12.8 Å². The SMILES string of the molecule is O=C1OCC(COS(=O)(=O)CCCCS(=O)(=O)OC[C@H]2COC(=O)O2)O1. The molecule has 0 aromatic rings. The number of carbonyl (C=O) groups is 2. The Morgan fingerprint density at radius 3 is 1.46 bits per heavy atom. The lowest BCUT2D eigenvalue weighted by Crippen LogP contribution is -2.23. The second-order valence-electron chi connectivity index (χ2n) is 5.40. The molecule has 0 aliphatic carbocycles. The zero-order chi connectivity index (χ0) is 19.2. The Balaban J connectivity index is 1.60. The van der Waals surface area contributed by atoms with E-state index in [0.717, 1.165) is 0 Å². The number of hydrogen-bond acceptors (Lipinski definition) is 12. The molecule has 26 heavy (non-hydrogen) atoms. The minimum absolute atomic E-state index is 0.0212. The van der Waals surface area contributed by atoms with Crippen LogP contribution in [0.5, 0.6) is 0 Å². The molecule has 150 valence electrons. The topological polar surface area (TPSA) is 158 Å². The average molecular weight is 418 g/mol. The number of rotatable bonds is 11. The van der Waals surface area contributed by atoms with E-state index in [1.165, 1.54) is 0 Å². The molecule has 0 aromatic heterocycles. The molecule has 2 aliphatic heterocycles. The van der Waals surface area contributed by atoms with Crippen LogP contribution < -0.4 is 0 Å². The van der Waals surface area contributed by atoms with Gasteiger partial charge in [-0.3, -0.25) is 8.37 Å². The fraction of sp³-hybridized carbons (Fsp3) is 0.833. The summed E-state index contributed by atoms with van der Waals surface area (Å²) in [6.07, 6.45) is -3.32. The van der Waals surface area contributed by atoms with E-state index in [9.17, 15) is 26.4 Å². The molecule has 2 saturated heterocycles. The molecule has 0 N–H and O–H groups in total. The first-order valence-electron chi connectivity index (χ1n) is 7.56. The van der Waals surface area contributed by atoms with Gasteiger partial charge in [0, 0.05) is 0 Å². The molecule has 2 fully saturated rings. The molecule has 0 amide bonds. The largest absolute Gasteiger partial charge is 0.508 e. The summed E-state index contributed by atoms with van der Waals surface area (Å²) in [4.78, 5) is 21.4. The van der Waals surface area contributed by atoms with E-state index in [1.54, 1.807) is 0 Å². The summed E-state index contributed by atoms with van der Waals surface area (Å²) in [5.41, 5.74) is 0. The molecule has 1 unspecified atom stereocenters. The summed E-state index contributed by atoms with van der Waals surface area (Å²) < 4.78 is 74.3. The molecule has 0 saturated carbocycles. The highest BCUT2D eigenvalue weighted by Gasteiger charge is 2.28. The van der Waals surface area contributed by atoms with E-state index < -0.39 is 56.3 Å². The molecule has 2 atom stereocenters. The van der Waals surface area contributed by atoms with Gasteiger partial charge >= 0.3 is 12.3 Å². The van der Waals surface area contributed by atoms with Gasteiger partial charge in [0.2, 0.25) is 0 Å². The fourth-order valence-corrected chi connectivity index (χ4v) is 4.00. The van der Waals surface area contributed by atoms with Crippen molar-refractivity contribution in [2.24, 2.45) is 0 Å². The highest BCUT2D eigenvalue weighted by atomic mass is 32.2. The lowest BCUT2D eigenvalue weighted by atomic mass is 10.4. The molecule has 0 aromatic carbocycles. The minimum atomic E-state index is -3.89. The average Bonchev–Trinajstić information content (AvgIpc) is 3.16. The van der Waals surface area contributed by atoms with Gasteiger partial charge in [0.15, 0.2) is 12.2 Å². The molecular weight excluding hydrogens is 400 g/mol. The lowest BCUT2D eigenvalue weighted by molar-refractivity contribution is 0.0990. The van der Waals surface area contributed by atoms with Crippen LogP contribution in [-0.2, 0) is 47.5 Å². The van der Waals surface area contributed by atoms with Crippen LogP contribution >= 0.6 is 0 Å². The molecule has 14 heteroatoms. The maximum atomic E-state index is 11.7. The second kappa shape index (κ2) is 8.83. The Morgan fingerprint density at radius 2 is 1.15 bits per heavy atom. The van der Waals surface area contributed by atoms with Crippen LogP contribution in [0.3, 0.4) is 0 Å². The highest BCUT2D eigenvalue weighted by Crippen LogP contribution is 2.11. The van der Waals surface area contributed by atoms with E-state index in [0.29, 0.717) is 0 Å². The standard InChI is InChI=1S/C12H18O12S2/c13-11-19-5-9(23-11)7-21-25(15,16)3-1-2-4-26(17,18)22-8-10-6-20-12(14)24-10/h9-10H,1-8H2/t9-,10?/m1/s1. The Labute approximate surface area is 149 Å². The third-order valence-corrected chi connectivity index (χ3v) is 5.77. The third kappa shape index (κ3) is 7.31. The van der Waals surface area contributed by atoms with E-state index in [-0.39, 0.29) is 39.3 Å². The first-order chi connectivity index (χ1) is 12.2. The smallest absolute Gasteiger partial charge is 0.430 e. The minimum Gasteiger partial charge on any atom is -0.430 e. The van der Waals surface area contributed by atoms with Crippen molar-refractivity contribution in [1.82, 2.24) is 0 Å². The van der Waals surface area contributed by atoms with Gasteiger partial charge < -0.3 is 18.9 Å². The first kappa shape index (κ1) is 20.7. The van der Waals surface area contributed by atoms with Gasteiger partial charge in [-0.15, -0.1) is 0 Å². The van der Waals surface area contributed by atoms with E-state index >= 15 is 0 Å². The van der Waals surface area contributed by atoms with Crippen LogP contribution in [-0.4, -0.2) is 79.3 Å². The molecule has 2 aliphatic rings. The first-order valence-corrected chi connectivity index (χ1v) is 10.7. The van der Waals surface area contributed by atoms with Gasteiger partial charge in [-0.1, -0.05) is 0 Å². The Hall–Kier alpha value is -1.64. The van der Waals surface area contributed by atoms with E-state index in [4.69, 9.17) is 8.37 Å². The van der Waals surface area contributed by atoms with Crippen LogP contribution in [0.1, 0.15) is 12.8 Å². The number of cyclic esters (lactones) is 4. The molecule has 0 bridgehead atoms. The van der Waals surface area contributed by atoms with Gasteiger partial charge in [0.05, 0.1) is 11.5 Å². The molecule has 0 spiro atoms. The zero-order valence-electron chi connectivity index (χ0n) is 13.5. The number of unbranched alkanes of at least 4 members (excludes halogenated alkanes) is 1. The summed E-state index contributed by atoms with van der Waals surface area (Å²) in [5, 5.41) is 0. The van der Waals surface area contributed by atoms with Gasteiger partial charge in [-0.2, -0.15) is 16.8 Å². The van der Waals surface area contributed by atoms with Crippen molar-refractivity contribution in [3.63, 3.8) is 0 Å². The van der Waals surface area contributed by atoms with Crippen molar-refractivity contribution in [2.45, 2.75) is 25.0 Å². The zero-order valence-corrected chi connectivity index (χ0v) is 15.2. The highest BCUT2D eigenvalue weighted by molar-refractivity contribution is 7.87. The molecule has 2 heterocycles. The summed E-state index contributed by atoms with van der Waals surface area (Å²) in [6.45, 7) is -0.911. The maximum Gasteiger partial charge on any atom is 0.508 e. The van der Waals surface area contributed by atoms with Crippen molar-refractivity contribution in [2.75, 3.05) is 37.9 Å². The quantitative estimate of drug-likeness (QED) is 0.242. The van der Waals surface area contributed by atoms with Gasteiger partial charge in [0.25, 0.3) is 20.2 Å². The summed E-state index contributed by atoms with van der Waals surface area (Å²) in [7, 11) is -7.78. The van der Waals surface area contributed by atoms with Gasteiger partial charge in [-0.25, -0.2) is 9.59 Å². The second-order valence-corrected chi connectivity index (χ2v) is 8.92. The summed E-state index contributed by atoms with van der Waals surface area (Å²) in [5.74, 6) is -0.809. The number of carbonyl (C=O) groups excluding carboxylic acids is 2. The van der Waals surface area contributed by atoms with Crippen LogP contribution in [0, 0.1) is 0 Å². The normalized spacial score (nSPS) is 23.2. The maximum absolute atomic E-state index is 11.7.